The molecule has 2 aromatic heterocycles. The van der Waals surface area contributed by atoms with Gasteiger partial charge in [0, 0.05) is 43.2 Å². The van der Waals surface area contributed by atoms with Crippen LogP contribution in [-0.4, -0.2) is 58.1 Å². The van der Waals surface area contributed by atoms with Gasteiger partial charge < -0.3 is 24.3 Å². The van der Waals surface area contributed by atoms with Crippen LogP contribution in [0.4, 0.5) is 10.6 Å². The second-order valence-electron chi connectivity index (χ2n) is 10.2. The van der Waals surface area contributed by atoms with Crippen molar-refractivity contribution in [1.82, 2.24) is 19.5 Å². The van der Waals surface area contributed by atoms with Gasteiger partial charge >= 0.3 is 12.1 Å². The standard InChI is InChI=1S/C26H32ClN5O5/c1-26(2,3)37-25(35)28-17-10-8-12-31(14-17)22-18(13-16-9-6-7-11-19(16)27)21-23(33)30(4)20(24(34)36-5)15-32(21)29-22/h6-7,9,11,15,17H,8,10,12-14H2,1-5H3,(H,28,35)/t17-/m0/s1. The predicted octanol–water partition coefficient (Wildman–Crippen LogP) is 3.56. The molecule has 0 saturated carbocycles. The summed E-state index contributed by atoms with van der Waals surface area (Å²) in [4.78, 5) is 40.2. The third-order valence-corrected chi connectivity index (χ3v) is 6.63. The molecule has 37 heavy (non-hydrogen) atoms. The van der Waals surface area contributed by atoms with Gasteiger partial charge in [-0.05, 0) is 45.2 Å². The number of methoxy groups -OCH3 is 1. The molecule has 1 fully saturated rings. The van der Waals surface area contributed by atoms with Gasteiger partial charge in [0.05, 0.1) is 13.3 Å². The number of anilines is 1. The number of fused-ring (bicyclic) bond motifs is 1. The highest BCUT2D eigenvalue weighted by Crippen LogP contribution is 2.30. The fraction of sp³-hybridized carbons (Fsp3) is 0.462. The number of esters is 1. The third kappa shape index (κ3) is 5.74. The van der Waals surface area contributed by atoms with E-state index < -0.39 is 17.7 Å². The maximum atomic E-state index is 13.5. The molecule has 0 aliphatic carbocycles. The zero-order chi connectivity index (χ0) is 26.9. The van der Waals surface area contributed by atoms with Crippen LogP contribution in [0, 0.1) is 0 Å². The van der Waals surface area contributed by atoms with Crippen LogP contribution in [0.25, 0.3) is 5.52 Å². The summed E-state index contributed by atoms with van der Waals surface area (Å²) < 4.78 is 13.0. The Balaban J connectivity index is 1.77. The number of aromatic nitrogens is 3. The molecule has 3 aromatic rings. The molecule has 1 atom stereocenters. The lowest BCUT2D eigenvalue weighted by molar-refractivity contribution is 0.0498. The number of carbonyl (C=O) groups excluding carboxylic acids is 2. The summed E-state index contributed by atoms with van der Waals surface area (Å²) in [5.74, 6) is -0.0273. The monoisotopic (exact) mass is 529 g/mol. The molecule has 11 heteroatoms. The topological polar surface area (TPSA) is 107 Å². The van der Waals surface area contributed by atoms with Crippen LogP contribution < -0.4 is 15.8 Å². The van der Waals surface area contributed by atoms with Crippen LogP contribution in [0.5, 0.6) is 0 Å². The summed E-state index contributed by atoms with van der Waals surface area (Å²) >= 11 is 6.47. The Bertz CT molecular complexity index is 1390. The van der Waals surface area contributed by atoms with Gasteiger partial charge in [-0.25, -0.2) is 14.1 Å². The Hall–Kier alpha value is -3.53. The number of piperidine rings is 1. The SMILES string of the molecule is COC(=O)c1cn2nc(N3CCC[C@H](NC(=O)OC(C)(C)C)C3)c(Cc3ccccc3Cl)c2c(=O)n1C. The van der Waals surface area contributed by atoms with Crippen molar-refractivity contribution in [3.05, 3.63) is 62.7 Å². The maximum Gasteiger partial charge on any atom is 0.407 e. The van der Waals surface area contributed by atoms with Crippen molar-refractivity contribution in [2.75, 3.05) is 25.1 Å². The van der Waals surface area contributed by atoms with E-state index in [1.54, 1.807) is 6.07 Å². The molecular formula is C26H32ClN5O5. The van der Waals surface area contributed by atoms with E-state index in [0.717, 1.165) is 18.4 Å². The second kappa shape index (κ2) is 10.5. The average molecular weight is 530 g/mol. The first kappa shape index (κ1) is 26.5. The van der Waals surface area contributed by atoms with E-state index in [1.807, 2.05) is 39.0 Å². The third-order valence-electron chi connectivity index (χ3n) is 6.26. The van der Waals surface area contributed by atoms with Gasteiger partial charge in [0.1, 0.15) is 16.8 Å². The number of nitrogens with one attached hydrogen (secondary N) is 1. The van der Waals surface area contributed by atoms with Crippen LogP contribution in [0.3, 0.4) is 0 Å². The number of hydrogen-bond donors (Lipinski definition) is 1. The highest BCUT2D eigenvalue weighted by Gasteiger charge is 2.29. The summed E-state index contributed by atoms with van der Waals surface area (Å²) in [5.41, 5.74) is 1.01. The van der Waals surface area contributed by atoms with Crippen molar-refractivity contribution in [2.45, 2.75) is 51.7 Å². The fourth-order valence-corrected chi connectivity index (χ4v) is 4.76. The summed E-state index contributed by atoms with van der Waals surface area (Å²) in [5, 5.41) is 8.29. The van der Waals surface area contributed by atoms with E-state index >= 15 is 0 Å². The zero-order valence-electron chi connectivity index (χ0n) is 21.7. The number of halogens is 1. The van der Waals surface area contributed by atoms with Crippen molar-refractivity contribution in [1.29, 1.82) is 0 Å². The molecule has 1 saturated heterocycles. The first-order chi connectivity index (χ1) is 17.5. The number of carbonyl (C=O) groups is 2. The minimum absolute atomic E-state index is 0.0847. The normalized spacial score (nSPS) is 16.1. The number of benzene rings is 1. The van der Waals surface area contributed by atoms with Crippen LogP contribution in [0.1, 0.15) is 55.2 Å². The number of rotatable bonds is 5. The van der Waals surface area contributed by atoms with E-state index in [-0.39, 0.29) is 17.3 Å². The van der Waals surface area contributed by atoms with E-state index in [1.165, 1.54) is 29.4 Å². The number of hydrogen-bond acceptors (Lipinski definition) is 7. The van der Waals surface area contributed by atoms with E-state index in [9.17, 15) is 14.4 Å². The lowest BCUT2D eigenvalue weighted by atomic mass is 10.0. The highest BCUT2D eigenvalue weighted by molar-refractivity contribution is 6.31. The Labute approximate surface area is 220 Å². The summed E-state index contributed by atoms with van der Waals surface area (Å²) in [7, 11) is 2.79. The number of nitrogens with zero attached hydrogens (tertiary/aromatic N) is 4. The molecule has 198 valence electrons. The number of amides is 1. The predicted molar refractivity (Wildman–Crippen MR) is 141 cm³/mol. The Morgan fingerprint density at radius 2 is 1.97 bits per heavy atom. The molecule has 1 aliphatic heterocycles. The fourth-order valence-electron chi connectivity index (χ4n) is 4.55. The van der Waals surface area contributed by atoms with Crippen molar-refractivity contribution in [3.63, 3.8) is 0 Å². The minimum Gasteiger partial charge on any atom is -0.464 e. The van der Waals surface area contributed by atoms with Gasteiger partial charge in [0.15, 0.2) is 5.82 Å². The lowest BCUT2D eigenvalue weighted by Crippen LogP contribution is -2.49. The molecule has 0 spiro atoms. The van der Waals surface area contributed by atoms with Gasteiger partial charge in [-0.15, -0.1) is 5.10 Å². The molecule has 0 radical (unpaired) electrons. The average Bonchev–Trinajstić information content (AvgIpc) is 3.19. The first-order valence-electron chi connectivity index (χ1n) is 12.2. The maximum absolute atomic E-state index is 13.5. The van der Waals surface area contributed by atoms with Crippen LogP contribution in [0.15, 0.2) is 35.3 Å². The molecule has 0 unspecified atom stereocenters. The van der Waals surface area contributed by atoms with Gasteiger partial charge in [0.2, 0.25) is 0 Å². The van der Waals surface area contributed by atoms with Crippen molar-refractivity contribution in [2.24, 2.45) is 7.05 Å². The first-order valence-corrected chi connectivity index (χ1v) is 12.5. The molecule has 1 aliphatic rings. The lowest BCUT2D eigenvalue weighted by Gasteiger charge is -2.34. The number of ether oxygens (including phenoxy) is 2. The quantitative estimate of drug-likeness (QED) is 0.503. The molecule has 10 nitrogen and oxygen atoms in total. The van der Waals surface area contributed by atoms with Gasteiger partial charge in [-0.1, -0.05) is 29.8 Å². The molecule has 1 amide bonds. The summed E-state index contributed by atoms with van der Waals surface area (Å²) in [6.07, 6.45) is 3.00. The Morgan fingerprint density at radius 3 is 2.65 bits per heavy atom. The Kier molecular flexibility index (Phi) is 7.49. The Morgan fingerprint density at radius 1 is 1.24 bits per heavy atom. The zero-order valence-corrected chi connectivity index (χ0v) is 22.5. The summed E-state index contributed by atoms with van der Waals surface area (Å²) in [6, 6.07) is 7.29. The van der Waals surface area contributed by atoms with Crippen LogP contribution in [0.2, 0.25) is 5.02 Å². The molecule has 0 bridgehead atoms. The van der Waals surface area contributed by atoms with Crippen molar-refractivity contribution < 1.29 is 19.1 Å². The smallest absolute Gasteiger partial charge is 0.407 e. The molecular weight excluding hydrogens is 498 g/mol. The van der Waals surface area contributed by atoms with E-state index in [0.29, 0.717) is 41.4 Å². The molecule has 3 heterocycles. The van der Waals surface area contributed by atoms with Gasteiger partial charge in [-0.2, -0.15) is 0 Å². The van der Waals surface area contributed by atoms with Crippen LogP contribution in [-0.2, 0) is 22.9 Å². The summed E-state index contributed by atoms with van der Waals surface area (Å²) in [6.45, 7) is 6.64. The van der Waals surface area contributed by atoms with Gasteiger partial charge in [0.25, 0.3) is 5.56 Å². The highest BCUT2D eigenvalue weighted by atomic mass is 35.5. The number of alkyl carbamates (subject to hydrolysis) is 1. The van der Waals surface area contributed by atoms with Crippen LogP contribution >= 0.6 is 11.6 Å². The van der Waals surface area contributed by atoms with Crippen molar-refractivity contribution in [3.8, 4) is 0 Å². The molecule has 1 N–H and O–H groups in total. The van der Waals surface area contributed by atoms with E-state index in [4.69, 9.17) is 26.2 Å². The largest absolute Gasteiger partial charge is 0.464 e. The van der Waals surface area contributed by atoms with Crippen molar-refractivity contribution >= 4 is 35.0 Å². The van der Waals surface area contributed by atoms with Gasteiger partial charge in [-0.3, -0.25) is 4.79 Å². The minimum atomic E-state index is -0.634. The van der Waals surface area contributed by atoms with E-state index in [2.05, 4.69) is 10.2 Å². The second-order valence-corrected chi connectivity index (χ2v) is 10.6. The molecule has 1 aromatic carbocycles. The molecule has 4 rings (SSSR count).